The highest BCUT2D eigenvalue weighted by Gasteiger charge is 2.21. The molecule has 0 saturated heterocycles. The molecule has 0 fully saturated rings. The van der Waals surface area contributed by atoms with Crippen LogP contribution in [-0.4, -0.2) is 46.4 Å². The Kier molecular flexibility index (Phi) is 6.06. The van der Waals surface area contributed by atoms with E-state index in [9.17, 15) is 22.0 Å². The summed E-state index contributed by atoms with van der Waals surface area (Å²) >= 11 is 0. The van der Waals surface area contributed by atoms with Crippen molar-refractivity contribution in [3.63, 3.8) is 0 Å². The summed E-state index contributed by atoms with van der Waals surface area (Å²) in [6, 6.07) is 3.76. The summed E-state index contributed by atoms with van der Waals surface area (Å²) in [6.07, 6.45) is -2.68. The van der Waals surface area contributed by atoms with E-state index in [1.54, 1.807) is 0 Å². The van der Waals surface area contributed by atoms with Crippen LogP contribution in [0.3, 0.4) is 0 Å². The Labute approximate surface area is 125 Å². The SMILES string of the molecule is COCc1ccc(C(=O)N(C)CC(F)F)cc1S(=O)(=O)Cl. The predicted octanol–water partition coefficient (Wildman–Crippen LogP) is 2.10. The van der Waals surface area contributed by atoms with Crippen LogP contribution < -0.4 is 0 Å². The van der Waals surface area contributed by atoms with Crippen molar-refractivity contribution in [2.24, 2.45) is 0 Å². The van der Waals surface area contributed by atoms with Crippen LogP contribution in [-0.2, 0) is 20.4 Å². The van der Waals surface area contributed by atoms with Crippen LogP contribution in [0.25, 0.3) is 0 Å². The average molecular weight is 342 g/mol. The van der Waals surface area contributed by atoms with Crippen molar-refractivity contribution in [3.05, 3.63) is 29.3 Å². The lowest BCUT2D eigenvalue weighted by Crippen LogP contribution is -2.31. The van der Waals surface area contributed by atoms with Crippen LogP contribution in [0.1, 0.15) is 15.9 Å². The van der Waals surface area contributed by atoms with Gasteiger partial charge in [0.15, 0.2) is 0 Å². The quantitative estimate of drug-likeness (QED) is 0.743. The Morgan fingerprint density at radius 2 is 2.05 bits per heavy atom. The van der Waals surface area contributed by atoms with E-state index in [1.807, 2.05) is 0 Å². The number of hydrogen-bond donors (Lipinski definition) is 0. The number of halogens is 3. The fourth-order valence-electron chi connectivity index (χ4n) is 1.70. The number of alkyl halides is 2. The smallest absolute Gasteiger partial charge is 0.261 e. The molecular weight excluding hydrogens is 328 g/mol. The Morgan fingerprint density at radius 1 is 1.43 bits per heavy atom. The molecule has 0 heterocycles. The van der Waals surface area contributed by atoms with Crippen LogP contribution in [0, 0.1) is 0 Å². The van der Waals surface area contributed by atoms with E-state index in [1.165, 1.54) is 26.3 Å². The summed E-state index contributed by atoms with van der Waals surface area (Å²) < 4.78 is 52.4. The molecule has 0 saturated carbocycles. The van der Waals surface area contributed by atoms with Crippen LogP contribution >= 0.6 is 10.7 Å². The molecule has 1 rings (SSSR count). The van der Waals surface area contributed by atoms with Gasteiger partial charge in [-0.1, -0.05) is 6.07 Å². The first-order valence-electron chi connectivity index (χ1n) is 5.77. The second-order valence-corrected chi connectivity index (χ2v) is 6.80. The Balaban J connectivity index is 3.19. The van der Waals surface area contributed by atoms with Crippen molar-refractivity contribution in [1.82, 2.24) is 4.90 Å². The Hall–Kier alpha value is -1.25. The average Bonchev–Trinajstić information content (AvgIpc) is 2.36. The number of carbonyl (C=O) groups is 1. The Morgan fingerprint density at radius 3 is 2.52 bits per heavy atom. The third-order valence-corrected chi connectivity index (χ3v) is 4.04. The first-order valence-corrected chi connectivity index (χ1v) is 8.08. The lowest BCUT2D eigenvalue weighted by atomic mass is 10.1. The number of rotatable bonds is 6. The zero-order valence-electron chi connectivity index (χ0n) is 11.3. The van der Waals surface area contributed by atoms with Crippen molar-refractivity contribution < 1.29 is 26.7 Å². The van der Waals surface area contributed by atoms with Gasteiger partial charge in [-0.25, -0.2) is 17.2 Å². The molecule has 0 aromatic heterocycles. The minimum atomic E-state index is -4.09. The second kappa shape index (κ2) is 7.15. The number of carbonyl (C=O) groups excluding carboxylic acids is 1. The summed E-state index contributed by atoms with van der Waals surface area (Å²) in [4.78, 5) is 12.5. The van der Waals surface area contributed by atoms with E-state index in [4.69, 9.17) is 15.4 Å². The van der Waals surface area contributed by atoms with Gasteiger partial charge in [0, 0.05) is 30.4 Å². The minimum Gasteiger partial charge on any atom is -0.380 e. The van der Waals surface area contributed by atoms with Gasteiger partial charge in [0.25, 0.3) is 21.4 Å². The highest BCUT2D eigenvalue weighted by atomic mass is 35.7. The molecule has 0 atom stereocenters. The van der Waals surface area contributed by atoms with Crippen molar-refractivity contribution in [1.29, 1.82) is 0 Å². The summed E-state index contributed by atoms with van der Waals surface area (Å²) in [5, 5.41) is 0. The summed E-state index contributed by atoms with van der Waals surface area (Å²) in [7, 11) is 3.80. The van der Waals surface area contributed by atoms with Crippen LogP contribution in [0.5, 0.6) is 0 Å². The standard InChI is InChI=1S/C12H14ClF2NO4S/c1-16(6-11(14)15)12(17)8-3-4-9(7-20-2)10(5-8)21(13,18)19/h3-5,11H,6-7H2,1-2H3. The van der Waals surface area contributed by atoms with Gasteiger partial charge in [-0.2, -0.15) is 0 Å². The van der Waals surface area contributed by atoms with E-state index in [0.29, 0.717) is 0 Å². The second-order valence-electron chi connectivity index (χ2n) is 4.27. The first kappa shape index (κ1) is 17.8. The van der Waals surface area contributed by atoms with Gasteiger partial charge in [-0.3, -0.25) is 4.79 Å². The van der Waals surface area contributed by atoms with Gasteiger partial charge in [0.05, 0.1) is 18.0 Å². The van der Waals surface area contributed by atoms with E-state index in [0.717, 1.165) is 11.0 Å². The van der Waals surface area contributed by atoms with Gasteiger partial charge >= 0.3 is 0 Å². The van der Waals surface area contributed by atoms with Crippen LogP contribution in [0.4, 0.5) is 8.78 Å². The van der Waals surface area contributed by atoms with Crippen molar-refractivity contribution in [2.45, 2.75) is 17.9 Å². The largest absolute Gasteiger partial charge is 0.380 e. The molecule has 1 aromatic rings. The number of amides is 1. The first-order chi connectivity index (χ1) is 9.66. The number of nitrogens with zero attached hydrogens (tertiary/aromatic N) is 1. The van der Waals surface area contributed by atoms with Gasteiger partial charge in [0.1, 0.15) is 0 Å². The summed E-state index contributed by atoms with van der Waals surface area (Å²) in [6.45, 7) is -0.760. The van der Waals surface area contributed by atoms with E-state index >= 15 is 0 Å². The number of benzene rings is 1. The summed E-state index contributed by atoms with van der Waals surface area (Å²) in [5.74, 6) is -0.721. The van der Waals surface area contributed by atoms with E-state index in [2.05, 4.69) is 0 Å². The third-order valence-electron chi connectivity index (χ3n) is 2.64. The minimum absolute atomic E-state index is 0.0113. The molecule has 0 aliphatic rings. The topological polar surface area (TPSA) is 63.7 Å². The molecule has 0 aliphatic carbocycles. The van der Waals surface area contributed by atoms with Gasteiger partial charge in [-0.15, -0.1) is 0 Å². The molecule has 21 heavy (non-hydrogen) atoms. The molecule has 0 unspecified atom stereocenters. The highest BCUT2D eigenvalue weighted by molar-refractivity contribution is 8.13. The van der Waals surface area contributed by atoms with Gasteiger partial charge < -0.3 is 9.64 Å². The number of methoxy groups -OCH3 is 1. The zero-order valence-corrected chi connectivity index (χ0v) is 12.9. The molecule has 0 radical (unpaired) electrons. The third kappa shape index (κ3) is 4.90. The zero-order chi connectivity index (χ0) is 16.2. The molecule has 0 spiro atoms. The molecular formula is C12H14ClF2NO4S. The molecule has 1 amide bonds. The van der Waals surface area contributed by atoms with Crippen LogP contribution in [0.2, 0.25) is 0 Å². The monoisotopic (exact) mass is 341 g/mol. The maximum atomic E-state index is 12.3. The molecule has 118 valence electrons. The molecule has 1 aromatic carbocycles. The number of ether oxygens (including phenoxy) is 1. The van der Waals surface area contributed by atoms with Crippen molar-refractivity contribution in [2.75, 3.05) is 20.7 Å². The Bertz CT molecular complexity index is 622. The maximum Gasteiger partial charge on any atom is 0.261 e. The van der Waals surface area contributed by atoms with Crippen LogP contribution in [0.15, 0.2) is 23.1 Å². The predicted molar refractivity (Wildman–Crippen MR) is 73.2 cm³/mol. The van der Waals surface area contributed by atoms with Gasteiger partial charge in [-0.05, 0) is 17.7 Å². The fourth-order valence-corrected chi connectivity index (χ4v) is 2.84. The maximum absolute atomic E-state index is 12.3. The lowest BCUT2D eigenvalue weighted by Gasteiger charge is -2.17. The molecule has 0 aliphatic heterocycles. The summed E-state index contributed by atoms with van der Waals surface area (Å²) in [5.41, 5.74) is 0.234. The van der Waals surface area contributed by atoms with Crippen molar-refractivity contribution >= 4 is 25.6 Å². The van der Waals surface area contributed by atoms with Crippen molar-refractivity contribution in [3.8, 4) is 0 Å². The van der Waals surface area contributed by atoms with Gasteiger partial charge in [0.2, 0.25) is 0 Å². The number of hydrogen-bond acceptors (Lipinski definition) is 4. The molecule has 5 nitrogen and oxygen atoms in total. The fraction of sp³-hybridized carbons (Fsp3) is 0.417. The normalized spacial score (nSPS) is 11.7. The lowest BCUT2D eigenvalue weighted by molar-refractivity contribution is 0.0620. The molecule has 0 N–H and O–H groups in total. The molecule has 9 heteroatoms. The highest BCUT2D eigenvalue weighted by Crippen LogP contribution is 2.23. The molecule has 0 bridgehead atoms. The van der Waals surface area contributed by atoms with E-state index in [-0.39, 0.29) is 22.6 Å². The van der Waals surface area contributed by atoms with E-state index < -0.39 is 27.9 Å².